The normalized spacial score (nSPS) is 16.4. The molecule has 26 heavy (non-hydrogen) atoms. The number of nitrogens with one attached hydrogen (secondary N) is 1. The average molecular weight is 373 g/mol. The highest BCUT2D eigenvalue weighted by Gasteiger charge is 2.24. The van der Waals surface area contributed by atoms with Crippen LogP contribution >= 0.6 is 11.6 Å². The Bertz CT molecular complexity index is 801. The van der Waals surface area contributed by atoms with Crippen LogP contribution in [0.4, 0.5) is 5.69 Å². The fourth-order valence-electron chi connectivity index (χ4n) is 2.98. The highest BCUT2D eigenvalue weighted by atomic mass is 35.5. The second kappa shape index (κ2) is 7.48. The molecule has 1 fully saturated rings. The zero-order valence-electron chi connectivity index (χ0n) is 14.5. The smallest absolute Gasteiger partial charge is 0.251 e. The van der Waals surface area contributed by atoms with Gasteiger partial charge in [0.05, 0.1) is 6.54 Å². The molecule has 3 rings (SSSR count). The average Bonchev–Trinajstić information content (AvgIpc) is 3.06. The summed E-state index contributed by atoms with van der Waals surface area (Å²) in [4.78, 5) is 25.9. The summed E-state index contributed by atoms with van der Waals surface area (Å²) in [5.41, 5.74) is 0.747. The van der Waals surface area contributed by atoms with Crippen LogP contribution in [0.15, 0.2) is 48.5 Å². The van der Waals surface area contributed by atoms with Crippen molar-refractivity contribution in [3.63, 3.8) is 0 Å². The van der Waals surface area contributed by atoms with Gasteiger partial charge in [-0.2, -0.15) is 0 Å². The summed E-state index contributed by atoms with van der Waals surface area (Å²) in [5.74, 6) is -0.167. The van der Waals surface area contributed by atoms with Gasteiger partial charge in [0.15, 0.2) is 0 Å². The van der Waals surface area contributed by atoms with E-state index >= 15 is 0 Å². The molecule has 2 aromatic carbocycles. The van der Waals surface area contributed by atoms with Crippen molar-refractivity contribution >= 4 is 29.1 Å². The van der Waals surface area contributed by atoms with Crippen molar-refractivity contribution in [2.24, 2.45) is 0 Å². The summed E-state index contributed by atoms with van der Waals surface area (Å²) in [6.45, 7) is 2.42. The molecule has 6 heteroatoms. The number of carbonyl (C=O) groups excluding carboxylic acids is 2. The number of rotatable bonds is 5. The lowest BCUT2D eigenvalue weighted by atomic mass is 9.96. The topological polar surface area (TPSA) is 69.6 Å². The molecule has 5 nitrogen and oxygen atoms in total. The van der Waals surface area contributed by atoms with Crippen molar-refractivity contribution in [2.45, 2.75) is 25.4 Å². The van der Waals surface area contributed by atoms with Crippen LogP contribution in [-0.2, 0) is 10.4 Å². The van der Waals surface area contributed by atoms with E-state index in [1.54, 1.807) is 60.4 Å². The van der Waals surface area contributed by atoms with Crippen molar-refractivity contribution in [3.05, 3.63) is 64.7 Å². The molecule has 0 aromatic heterocycles. The minimum Gasteiger partial charge on any atom is -0.384 e. The predicted molar refractivity (Wildman–Crippen MR) is 101 cm³/mol. The molecule has 1 atom stereocenters. The number of amides is 2. The minimum absolute atomic E-state index is 0.0693. The molecule has 1 aliphatic rings. The molecule has 0 spiro atoms. The van der Waals surface area contributed by atoms with Gasteiger partial charge in [-0.15, -0.1) is 0 Å². The molecule has 136 valence electrons. The van der Waals surface area contributed by atoms with Gasteiger partial charge in [0.2, 0.25) is 5.91 Å². The Hall–Kier alpha value is -2.37. The Labute approximate surface area is 157 Å². The number of hydrogen-bond acceptors (Lipinski definition) is 3. The first kappa shape index (κ1) is 18.4. The third kappa shape index (κ3) is 4.06. The van der Waals surface area contributed by atoms with Crippen LogP contribution in [0.5, 0.6) is 0 Å². The SMILES string of the molecule is CC(O)(CNC(=O)c1ccc(N2CCCC2=O)cc1)c1ccc(Cl)cc1. The number of aliphatic hydroxyl groups is 1. The number of nitrogens with zero attached hydrogens (tertiary/aromatic N) is 1. The fraction of sp³-hybridized carbons (Fsp3) is 0.300. The van der Waals surface area contributed by atoms with Crippen LogP contribution < -0.4 is 10.2 Å². The zero-order valence-corrected chi connectivity index (χ0v) is 15.3. The quantitative estimate of drug-likeness (QED) is 0.847. The first-order valence-corrected chi connectivity index (χ1v) is 8.92. The number of hydrogen-bond donors (Lipinski definition) is 2. The first-order chi connectivity index (χ1) is 12.4. The Balaban J connectivity index is 1.62. The summed E-state index contributed by atoms with van der Waals surface area (Å²) in [7, 11) is 0. The van der Waals surface area contributed by atoms with Gasteiger partial charge in [0.25, 0.3) is 5.91 Å². The van der Waals surface area contributed by atoms with Crippen LogP contribution in [0.1, 0.15) is 35.7 Å². The maximum atomic E-state index is 12.3. The van der Waals surface area contributed by atoms with E-state index in [1.165, 1.54) is 0 Å². The standard InChI is InChI=1S/C20H21ClN2O3/c1-20(26,15-6-8-16(21)9-7-15)13-22-19(25)14-4-10-17(11-5-14)23-12-2-3-18(23)24/h4-11,26H,2-3,12-13H2,1H3,(H,22,25). The van der Waals surface area contributed by atoms with Gasteiger partial charge < -0.3 is 15.3 Å². The van der Waals surface area contributed by atoms with Crippen molar-refractivity contribution in [1.29, 1.82) is 0 Å². The van der Waals surface area contributed by atoms with Crippen LogP contribution in [0.25, 0.3) is 0 Å². The van der Waals surface area contributed by atoms with Gasteiger partial charge in [-0.05, 0) is 55.3 Å². The number of anilines is 1. The number of carbonyl (C=O) groups is 2. The van der Waals surface area contributed by atoms with Crippen molar-refractivity contribution < 1.29 is 14.7 Å². The highest BCUT2D eigenvalue weighted by Crippen LogP contribution is 2.23. The van der Waals surface area contributed by atoms with Gasteiger partial charge in [-0.1, -0.05) is 23.7 Å². The van der Waals surface area contributed by atoms with Crippen molar-refractivity contribution in [1.82, 2.24) is 5.32 Å². The first-order valence-electron chi connectivity index (χ1n) is 8.54. The maximum Gasteiger partial charge on any atom is 0.251 e. The molecule has 1 aliphatic heterocycles. The van der Waals surface area contributed by atoms with Crippen LogP contribution in [0.2, 0.25) is 5.02 Å². The van der Waals surface area contributed by atoms with Gasteiger partial charge in [0, 0.05) is 29.2 Å². The summed E-state index contributed by atoms with van der Waals surface area (Å²) >= 11 is 5.86. The molecule has 1 heterocycles. The highest BCUT2D eigenvalue weighted by molar-refractivity contribution is 6.30. The Morgan fingerprint density at radius 2 is 1.85 bits per heavy atom. The molecule has 2 aromatic rings. The molecular formula is C20H21ClN2O3. The van der Waals surface area contributed by atoms with E-state index in [0.717, 1.165) is 12.1 Å². The fourth-order valence-corrected chi connectivity index (χ4v) is 3.11. The maximum absolute atomic E-state index is 12.3. The monoisotopic (exact) mass is 372 g/mol. The zero-order chi connectivity index (χ0) is 18.7. The van der Waals surface area contributed by atoms with E-state index in [9.17, 15) is 14.7 Å². The summed E-state index contributed by atoms with van der Waals surface area (Å²) in [6, 6.07) is 13.8. The summed E-state index contributed by atoms with van der Waals surface area (Å²) in [6.07, 6.45) is 1.43. The van der Waals surface area contributed by atoms with Crippen LogP contribution in [0.3, 0.4) is 0 Å². The summed E-state index contributed by atoms with van der Waals surface area (Å²) in [5, 5.41) is 13.9. The largest absolute Gasteiger partial charge is 0.384 e. The van der Waals surface area contributed by atoms with Crippen LogP contribution in [0, 0.1) is 0 Å². The van der Waals surface area contributed by atoms with Gasteiger partial charge >= 0.3 is 0 Å². The van der Waals surface area contributed by atoms with Gasteiger partial charge in [-0.25, -0.2) is 0 Å². The molecule has 1 saturated heterocycles. The van der Waals surface area contributed by atoms with E-state index < -0.39 is 5.60 Å². The van der Waals surface area contributed by atoms with Crippen LogP contribution in [-0.4, -0.2) is 30.0 Å². The van der Waals surface area contributed by atoms with Crippen molar-refractivity contribution in [3.8, 4) is 0 Å². The number of halogens is 1. The summed E-state index contributed by atoms with van der Waals surface area (Å²) < 4.78 is 0. The van der Waals surface area contributed by atoms with Crippen molar-refractivity contribution in [2.75, 3.05) is 18.0 Å². The molecular weight excluding hydrogens is 352 g/mol. The number of benzene rings is 2. The molecule has 0 radical (unpaired) electrons. The van der Waals surface area contributed by atoms with E-state index in [2.05, 4.69) is 5.32 Å². The molecule has 0 bridgehead atoms. The lowest BCUT2D eigenvalue weighted by Crippen LogP contribution is -2.38. The van der Waals surface area contributed by atoms with Gasteiger partial charge in [-0.3, -0.25) is 9.59 Å². The second-order valence-corrected chi connectivity index (χ2v) is 7.10. The molecule has 0 saturated carbocycles. The second-order valence-electron chi connectivity index (χ2n) is 6.66. The molecule has 2 N–H and O–H groups in total. The van der Waals surface area contributed by atoms with E-state index in [4.69, 9.17) is 11.6 Å². The minimum atomic E-state index is -1.21. The lowest BCUT2D eigenvalue weighted by molar-refractivity contribution is -0.117. The van der Waals surface area contributed by atoms with E-state index in [1.807, 2.05) is 0 Å². The molecule has 0 aliphatic carbocycles. The predicted octanol–water partition coefficient (Wildman–Crippen LogP) is 3.10. The Morgan fingerprint density at radius 3 is 2.42 bits per heavy atom. The van der Waals surface area contributed by atoms with E-state index in [-0.39, 0.29) is 18.4 Å². The lowest BCUT2D eigenvalue weighted by Gasteiger charge is -2.24. The molecule has 2 amide bonds. The van der Waals surface area contributed by atoms with E-state index in [0.29, 0.717) is 29.1 Å². The Morgan fingerprint density at radius 1 is 1.19 bits per heavy atom. The Kier molecular flexibility index (Phi) is 5.30. The third-order valence-corrected chi connectivity index (χ3v) is 4.83. The molecule has 1 unspecified atom stereocenters. The third-order valence-electron chi connectivity index (χ3n) is 4.57. The van der Waals surface area contributed by atoms with Gasteiger partial charge in [0.1, 0.15) is 5.60 Å².